The van der Waals surface area contributed by atoms with Gasteiger partial charge >= 0.3 is 5.97 Å². The lowest BCUT2D eigenvalue weighted by Gasteiger charge is -2.61. The highest BCUT2D eigenvalue weighted by atomic mass is 16.5. The molecule has 5 rings (SSSR count). The molecule has 4 aliphatic carbocycles. The molecule has 1 amide bonds. The summed E-state index contributed by atoms with van der Waals surface area (Å²) in [5.41, 5.74) is 2.29. The van der Waals surface area contributed by atoms with E-state index in [0.717, 1.165) is 50.0 Å². The van der Waals surface area contributed by atoms with Crippen molar-refractivity contribution in [3.05, 3.63) is 11.3 Å². The zero-order valence-electron chi connectivity index (χ0n) is 23.5. The van der Waals surface area contributed by atoms with Crippen molar-refractivity contribution in [1.29, 1.82) is 0 Å². The zero-order chi connectivity index (χ0) is 25.8. The molecule has 0 aromatic carbocycles. The van der Waals surface area contributed by atoms with Gasteiger partial charge in [-0.1, -0.05) is 20.8 Å². The SMILES string of the molecule is CC(=O)NC[C@H](C)CCC1=C(C)[C@@H]2[C@H](C[C@H]3[C@H]4CC[C@H]5C[C@@H](OC(C)=O)CC[C@]5(C)[C@@H]4CC[C@]23C)O1. The summed E-state index contributed by atoms with van der Waals surface area (Å²) in [6, 6.07) is 0. The number of carbonyl (C=O) groups is 2. The molecular weight excluding hydrogens is 450 g/mol. The molecule has 36 heavy (non-hydrogen) atoms. The van der Waals surface area contributed by atoms with Crippen molar-refractivity contribution in [3.63, 3.8) is 0 Å². The number of rotatable bonds is 6. The Morgan fingerprint density at radius 2 is 1.81 bits per heavy atom. The van der Waals surface area contributed by atoms with E-state index in [1.165, 1.54) is 49.9 Å². The number of nitrogens with one attached hydrogen (secondary N) is 1. The van der Waals surface area contributed by atoms with Crippen molar-refractivity contribution in [2.24, 2.45) is 46.3 Å². The predicted octanol–water partition coefficient (Wildman–Crippen LogP) is 6.41. The first-order chi connectivity index (χ1) is 17.0. The Hall–Kier alpha value is -1.52. The third kappa shape index (κ3) is 4.41. The molecule has 0 aromatic heterocycles. The molecular formula is C31H49NO4. The molecule has 0 bridgehead atoms. The van der Waals surface area contributed by atoms with Gasteiger partial charge in [-0.2, -0.15) is 0 Å². The van der Waals surface area contributed by atoms with Gasteiger partial charge in [0.1, 0.15) is 12.2 Å². The number of ether oxygens (including phenoxy) is 2. The van der Waals surface area contributed by atoms with E-state index in [1.807, 2.05) is 0 Å². The second-order valence-corrected chi connectivity index (χ2v) is 13.8. The lowest BCUT2D eigenvalue weighted by atomic mass is 9.44. The number of hydrogen-bond acceptors (Lipinski definition) is 4. The number of hydrogen-bond donors (Lipinski definition) is 1. The summed E-state index contributed by atoms with van der Waals surface area (Å²) in [6.45, 7) is 13.6. The third-order valence-electron chi connectivity index (χ3n) is 11.7. The van der Waals surface area contributed by atoms with Crippen LogP contribution < -0.4 is 5.32 Å². The van der Waals surface area contributed by atoms with Gasteiger partial charge in [0.25, 0.3) is 0 Å². The van der Waals surface area contributed by atoms with Gasteiger partial charge in [-0.15, -0.1) is 0 Å². The maximum atomic E-state index is 11.6. The molecule has 5 aliphatic rings. The van der Waals surface area contributed by atoms with Crippen molar-refractivity contribution in [2.45, 2.75) is 118 Å². The Balaban J connectivity index is 1.26. The fourth-order valence-electron chi connectivity index (χ4n) is 9.94. The van der Waals surface area contributed by atoms with Crippen molar-refractivity contribution < 1.29 is 19.1 Å². The second kappa shape index (κ2) is 9.66. The number of esters is 1. The second-order valence-electron chi connectivity index (χ2n) is 13.8. The average molecular weight is 500 g/mol. The van der Waals surface area contributed by atoms with E-state index in [4.69, 9.17) is 9.47 Å². The van der Waals surface area contributed by atoms with Gasteiger partial charge in [0, 0.05) is 32.7 Å². The summed E-state index contributed by atoms with van der Waals surface area (Å²) in [6.07, 6.45) is 12.4. The smallest absolute Gasteiger partial charge is 0.302 e. The summed E-state index contributed by atoms with van der Waals surface area (Å²) in [7, 11) is 0. The van der Waals surface area contributed by atoms with Gasteiger partial charge < -0.3 is 14.8 Å². The molecule has 1 heterocycles. The largest absolute Gasteiger partial charge is 0.494 e. The average Bonchev–Trinajstić information content (AvgIpc) is 3.29. The van der Waals surface area contributed by atoms with Crippen LogP contribution >= 0.6 is 0 Å². The first-order valence-electron chi connectivity index (χ1n) is 14.8. The monoisotopic (exact) mass is 499 g/mol. The van der Waals surface area contributed by atoms with Crippen LogP contribution in [0, 0.1) is 46.3 Å². The number of carbonyl (C=O) groups excluding carboxylic acids is 2. The number of fused-ring (bicyclic) bond motifs is 7. The van der Waals surface area contributed by atoms with E-state index >= 15 is 0 Å². The van der Waals surface area contributed by atoms with Gasteiger partial charge in [0.05, 0.1) is 5.76 Å². The Kier molecular flexibility index (Phi) is 7.00. The molecule has 0 saturated heterocycles. The molecule has 0 aromatic rings. The minimum Gasteiger partial charge on any atom is -0.494 e. The topological polar surface area (TPSA) is 64.6 Å². The molecule has 5 nitrogen and oxygen atoms in total. The normalized spacial score (nSPS) is 44.0. The first-order valence-corrected chi connectivity index (χ1v) is 14.8. The van der Waals surface area contributed by atoms with Crippen LogP contribution in [0.2, 0.25) is 0 Å². The highest BCUT2D eigenvalue weighted by Crippen LogP contribution is 2.69. The number of allylic oxidation sites excluding steroid dienone is 1. The van der Waals surface area contributed by atoms with Gasteiger partial charge in [0.15, 0.2) is 0 Å². The fraction of sp³-hybridized carbons (Fsp3) is 0.871. The molecule has 4 saturated carbocycles. The van der Waals surface area contributed by atoms with E-state index < -0.39 is 0 Å². The van der Waals surface area contributed by atoms with E-state index in [1.54, 1.807) is 13.8 Å². The maximum absolute atomic E-state index is 11.6. The van der Waals surface area contributed by atoms with Crippen LogP contribution in [-0.4, -0.2) is 30.6 Å². The predicted molar refractivity (Wildman–Crippen MR) is 141 cm³/mol. The zero-order valence-corrected chi connectivity index (χ0v) is 23.5. The standard InChI is InChI=1S/C31H49NO4/c1-18(17-32-20(3)33)7-10-27-19(2)29-28(36-27)16-26-24-9-8-22-15-23(35-21(4)34)11-13-30(22,5)25(24)12-14-31(26,29)6/h18,22-26,28-29H,7-17H2,1-6H3,(H,32,33)/t18-,22+,23+,24+,25-,26+,28+,29-,30+,31+/m1/s1. The third-order valence-corrected chi connectivity index (χ3v) is 11.7. The Bertz CT molecular complexity index is 912. The van der Waals surface area contributed by atoms with E-state index in [-0.39, 0.29) is 18.0 Å². The summed E-state index contributed by atoms with van der Waals surface area (Å²) in [5.74, 6) is 5.32. The summed E-state index contributed by atoms with van der Waals surface area (Å²) < 4.78 is 12.4. The van der Waals surface area contributed by atoms with Crippen molar-refractivity contribution >= 4 is 11.9 Å². The lowest BCUT2D eigenvalue weighted by Crippen LogP contribution is -2.54. The minimum absolute atomic E-state index is 0.0544. The Morgan fingerprint density at radius 1 is 1.06 bits per heavy atom. The fourth-order valence-corrected chi connectivity index (χ4v) is 9.94. The number of amides is 1. The van der Waals surface area contributed by atoms with Crippen LogP contribution in [-0.2, 0) is 19.1 Å². The molecule has 5 heteroatoms. The lowest BCUT2D eigenvalue weighted by molar-refractivity contribution is -0.159. The minimum atomic E-state index is -0.117. The first kappa shape index (κ1) is 26.1. The van der Waals surface area contributed by atoms with Crippen LogP contribution in [0.3, 0.4) is 0 Å². The maximum Gasteiger partial charge on any atom is 0.302 e. The van der Waals surface area contributed by atoms with Crippen molar-refractivity contribution in [1.82, 2.24) is 5.32 Å². The van der Waals surface area contributed by atoms with Crippen molar-refractivity contribution in [3.8, 4) is 0 Å². The van der Waals surface area contributed by atoms with Crippen LogP contribution in [0.4, 0.5) is 0 Å². The summed E-state index contributed by atoms with van der Waals surface area (Å²) in [5, 5.41) is 2.96. The molecule has 1 N–H and O–H groups in total. The molecule has 1 aliphatic heterocycles. The Morgan fingerprint density at radius 3 is 2.53 bits per heavy atom. The highest BCUT2D eigenvalue weighted by molar-refractivity contribution is 5.72. The molecule has 10 atom stereocenters. The van der Waals surface area contributed by atoms with Gasteiger partial charge in [-0.05, 0) is 111 Å². The molecule has 0 unspecified atom stereocenters. The molecule has 0 radical (unpaired) electrons. The summed E-state index contributed by atoms with van der Waals surface area (Å²) >= 11 is 0. The molecule has 202 valence electrons. The van der Waals surface area contributed by atoms with Crippen LogP contribution in [0.1, 0.15) is 106 Å². The van der Waals surface area contributed by atoms with Crippen LogP contribution in [0.15, 0.2) is 11.3 Å². The van der Waals surface area contributed by atoms with Gasteiger partial charge in [-0.3, -0.25) is 9.59 Å². The Labute approximate surface area is 218 Å². The van der Waals surface area contributed by atoms with E-state index in [0.29, 0.717) is 34.7 Å². The molecule has 4 fully saturated rings. The molecule has 0 spiro atoms. The quantitative estimate of drug-likeness (QED) is 0.429. The van der Waals surface area contributed by atoms with E-state index in [2.05, 4.69) is 33.0 Å². The summed E-state index contributed by atoms with van der Waals surface area (Å²) in [4.78, 5) is 22.8. The van der Waals surface area contributed by atoms with Crippen LogP contribution in [0.5, 0.6) is 0 Å². The van der Waals surface area contributed by atoms with Crippen molar-refractivity contribution in [2.75, 3.05) is 6.54 Å². The van der Waals surface area contributed by atoms with Gasteiger partial charge in [-0.25, -0.2) is 0 Å². The van der Waals surface area contributed by atoms with E-state index in [9.17, 15) is 9.59 Å². The van der Waals surface area contributed by atoms with Gasteiger partial charge in [0.2, 0.25) is 5.91 Å². The highest BCUT2D eigenvalue weighted by Gasteiger charge is 2.64. The van der Waals surface area contributed by atoms with Crippen LogP contribution in [0.25, 0.3) is 0 Å².